The molecule has 0 aromatic heterocycles. The first-order valence-corrected chi connectivity index (χ1v) is 33.2. The molecule has 13 atom stereocenters. The Hall–Kier alpha value is -6.95. The number of nitrogens with one attached hydrogen (secondary N) is 4. The van der Waals surface area contributed by atoms with E-state index < -0.39 is 155 Å². The van der Waals surface area contributed by atoms with Crippen LogP contribution in [0.25, 0.3) is 0 Å². The van der Waals surface area contributed by atoms with E-state index in [9.17, 15) is 29.1 Å². The molecular formula is C69H117N11O13. The van der Waals surface area contributed by atoms with Gasteiger partial charge in [-0.05, 0) is 106 Å². The summed E-state index contributed by atoms with van der Waals surface area (Å²) in [4.78, 5) is 172. The molecule has 1 heterocycles. The van der Waals surface area contributed by atoms with Crippen molar-refractivity contribution in [1.82, 2.24) is 55.6 Å². The molecule has 0 radical (unpaired) electrons. The number of carbonyl (C=O) groups is 11. The highest BCUT2D eigenvalue weighted by Gasteiger charge is 2.46. The summed E-state index contributed by atoms with van der Waals surface area (Å²) < 4.78 is 6.35. The van der Waals surface area contributed by atoms with Gasteiger partial charge in [-0.1, -0.05) is 139 Å². The fourth-order valence-electron chi connectivity index (χ4n) is 11.6. The standard InChI is InChI=1S/C69H117N11O13/c1-25-27-31-45(15)57(81)56-61(85)72-49(26-2)63(87)80(24)69(93-38-48-32-29-28-30-33-48)68(92)75(19)51(35-40(5)6)60(84)73-54(43(11)12)66(90)74(18)50(34-39(3)4)59(83)70-46(16)58(82)71-47(17)62(86)76(20)52(36-41(7)8)64(88)77(21)53(37-42(9)10)65(89)78(22)55(44(13)14)67(91)79(56)23/h25,27-30,32-33,39-47,49-57,69,81H,26,31,34-38H2,1-24H3,(H,70,83)(H,71,82)(H,72,85)(H,73,84)/b27-25+/t45-,46+,47-,49+,50+,51+,52+,53+,54+,55+,56+,57-,69-/m1/s1. The fraction of sp³-hybridized carbons (Fsp3) is 0.725. The number of rotatable bonds is 18. The summed E-state index contributed by atoms with van der Waals surface area (Å²) in [5.74, 6) is -10.5. The second kappa shape index (κ2) is 37.8. The Morgan fingerprint density at radius 2 is 0.892 bits per heavy atom. The van der Waals surface area contributed by atoms with Gasteiger partial charge in [0.05, 0.1) is 12.7 Å². The summed E-state index contributed by atoms with van der Waals surface area (Å²) >= 11 is 0. The lowest BCUT2D eigenvalue weighted by molar-refractivity contribution is -0.169. The molecule has 5 N–H and O–H groups in total. The van der Waals surface area contributed by atoms with Crippen molar-refractivity contribution < 1.29 is 62.6 Å². The zero-order chi connectivity index (χ0) is 71.4. The Balaban J connectivity index is 3.12. The minimum atomic E-state index is -1.73. The van der Waals surface area contributed by atoms with Crippen LogP contribution in [0.1, 0.15) is 162 Å². The number of ether oxygens (including phenoxy) is 1. The number of allylic oxidation sites excluding steroid dienone is 2. The van der Waals surface area contributed by atoms with Crippen LogP contribution in [-0.4, -0.2) is 226 Å². The van der Waals surface area contributed by atoms with Crippen LogP contribution in [0.5, 0.6) is 0 Å². The topological polar surface area (TPSA) is 288 Å². The fourth-order valence-corrected chi connectivity index (χ4v) is 11.6. The van der Waals surface area contributed by atoms with Gasteiger partial charge in [0.1, 0.15) is 60.4 Å². The summed E-state index contributed by atoms with van der Waals surface area (Å²) in [5.41, 5.74) is 0.638. The van der Waals surface area contributed by atoms with Crippen molar-refractivity contribution in [2.45, 2.75) is 236 Å². The smallest absolute Gasteiger partial charge is 0.273 e. The SMILES string of the molecule is C/C=C/C[C@@H](C)[C@@H](O)[C@H]1C(=O)N[C@@H](CC)C(=O)N(C)[C@H](OCc2ccccc2)C(=O)N(C)[C@@H](CC(C)C)C(=O)N[C@@H](C(C)C)C(=O)N(C)[C@@H](CC(C)C)C(=O)N[C@@H](C)C(=O)N[C@H](C)C(=O)N(C)[C@@H](CC(C)C)C(=O)N(C)[C@@H](CC(C)C)C(=O)N(C)[C@@H](C(C)C)C(=O)N1C. The molecule has 1 aromatic rings. The molecule has 0 saturated carbocycles. The molecule has 1 aromatic carbocycles. The van der Waals surface area contributed by atoms with Gasteiger partial charge in [0, 0.05) is 49.3 Å². The van der Waals surface area contributed by atoms with Gasteiger partial charge in [-0.15, -0.1) is 0 Å². The van der Waals surface area contributed by atoms with Crippen LogP contribution in [0.3, 0.4) is 0 Å². The first kappa shape index (κ1) is 82.1. The molecule has 0 spiro atoms. The molecular weight excluding hydrogens is 1190 g/mol. The van der Waals surface area contributed by atoms with E-state index in [0.717, 1.165) is 14.7 Å². The van der Waals surface area contributed by atoms with Gasteiger partial charge in [0.15, 0.2) is 0 Å². The average molecular weight is 1310 g/mol. The lowest BCUT2D eigenvalue weighted by atomic mass is 9.91. The number of aliphatic hydroxyl groups excluding tert-OH is 1. The van der Waals surface area contributed by atoms with E-state index >= 15 is 28.8 Å². The van der Waals surface area contributed by atoms with E-state index in [1.54, 1.807) is 91.0 Å². The number of aliphatic hydroxyl groups is 1. The van der Waals surface area contributed by atoms with Crippen LogP contribution in [0.15, 0.2) is 42.5 Å². The lowest BCUT2D eigenvalue weighted by Crippen LogP contribution is -2.64. The zero-order valence-corrected chi connectivity index (χ0v) is 60.4. The van der Waals surface area contributed by atoms with Crippen LogP contribution >= 0.6 is 0 Å². The van der Waals surface area contributed by atoms with Crippen molar-refractivity contribution in [3.05, 3.63) is 48.0 Å². The number of hydrogen-bond donors (Lipinski definition) is 5. The lowest BCUT2D eigenvalue weighted by Gasteiger charge is -2.41. The number of likely N-dealkylation sites (N-methyl/N-ethyl adjacent to an activating group) is 7. The largest absolute Gasteiger partial charge is 0.390 e. The summed E-state index contributed by atoms with van der Waals surface area (Å²) in [5, 5.41) is 23.4. The molecule has 1 fully saturated rings. The third-order valence-corrected chi connectivity index (χ3v) is 17.4. The van der Waals surface area contributed by atoms with Crippen molar-refractivity contribution in [1.29, 1.82) is 0 Å². The molecule has 0 unspecified atom stereocenters. The maximum atomic E-state index is 15.3. The van der Waals surface area contributed by atoms with Crippen molar-refractivity contribution in [2.75, 3.05) is 49.3 Å². The quantitative estimate of drug-likeness (QED) is 0.124. The average Bonchev–Trinajstić information content (AvgIpc) is 0.817. The number of nitrogens with zero attached hydrogens (tertiary/aromatic N) is 7. The summed E-state index contributed by atoms with van der Waals surface area (Å²) in [7, 11) is 9.82. The third-order valence-electron chi connectivity index (χ3n) is 17.4. The molecule has 24 nitrogen and oxygen atoms in total. The molecule has 11 amide bonds. The van der Waals surface area contributed by atoms with E-state index in [1.165, 1.54) is 82.8 Å². The third kappa shape index (κ3) is 22.9. The minimum Gasteiger partial charge on any atom is -0.390 e. The predicted molar refractivity (Wildman–Crippen MR) is 359 cm³/mol. The van der Waals surface area contributed by atoms with E-state index in [-0.39, 0.29) is 68.8 Å². The highest BCUT2D eigenvalue weighted by Crippen LogP contribution is 2.26. The molecule has 93 heavy (non-hydrogen) atoms. The molecule has 0 aliphatic carbocycles. The van der Waals surface area contributed by atoms with Crippen molar-refractivity contribution in [3.8, 4) is 0 Å². The number of amides is 11. The van der Waals surface area contributed by atoms with Gasteiger partial charge in [0.2, 0.25) is 65.3 Å². The molecule has 1 aliphatic heterocycles. The second-order valence-electron chi connectivity index (χ2n) is 27.9. The van der Waals surface area contributed by atoms with Crippen LogP contribution in [0, 0.1) is 41.4 Å². The van der Waals surface area contributed by atoms with Crippen LogP contribution in [0.4, 0.5) is 0 Å². The molecule has 1 aliphatic rings. The minimum absolute atomic E-state index is 0.0551. The molecule has 0 bridgehead atoms. The van der Waals surface area contributed by atoms with Crippen molar-refractivity contribution in [2.24, 2.45) is 41.4 Å². The first-order valence-electron chi connectivity index (χ1n) is 33.2. The van der Waals surface area contributed by atoms with E-state index in [1.807, 2.05) is 55.4 Å². The molecule has 1 saturated heterocycles. The maximum absolute atomic E-state index is 15.3. The van der Waals surface area contributed by atoms with E-state index in [0.29, 0.717) is 5.56 Å². The summed E-state index contributed by atoms with van der Waals surface area (Å²) in [6.07, 6.45) is 1.02. The van der Waals surface area contributed by atoms with Gasteiger partial charge in [0.25, 0.3) is 5.91 Å². The first-order chi connectivity index (χ1) is 43.2. The van der Waals surface area contributed by atoms with Crippen LogP contribution in [0.2, 0.25) is 0 Å². The van der Waals surface area contributed by atoms with Crippen molar-refractivity contribution in [3.63, 3.8) is 0 Å². The van der Waals surface area contributed by atoms with E-state index in [2.05, 4.69) is 21.3 Å². The molecule has 24 heteroatoms. The Kier molecular flexibility index (Phi) is 33.4. The van der Waals surface area contributed by atoms with Gasteiger partial charge in [-0.25, -0.2) is 0 Å². The van der Waals surface area contributed by atoms with Gasteiger partial charge >= 0.3 is 0 Å². The maximum Gasteiger partial charge on any atom is 0.273 e. The van der Waals surface area contributed by atoms with Crippen molar-refractivity contribution >= 4 is 65.0 Å². The number of carbonyl (C=O) groups excluding carboxylic acids is 11. The van der Waals surface area contributed by atoms with Gasteiger partial charge < -0.3 is 65.4 Å². The number of hydrogen-bond acceptors (Lipinski definition) is 13. The monoisotopic (exact) mass is 1310 g/mol. The van der Waals surface area contributed by atoms with E-state index in [4.69, 9.17) is 4.74 Å². The highest BCUT2D eigenvalue weighted by atomic mass is 16.5. The Bertz CT molecular complexity index is 2700. The zero-order valence-electron chi connectivity index (χ0n) is 60.4. The second-order valence-corrected chi connectivity index (χ2v) is 27.9. The summed E-state index contributed by atoms with van der Waals surface area (Å²) in [6.45, 7) is 29.6. The highest BCUT2D eigenvalue weighted by molar-refractivity contribution is 6.00. The molecule has 526 valence electrons. The molecule has 2 rings (SSSR count). The van der Waals surface area contributed by atoms with Gasteiger partial charge in [-0.3, -0.25) is 52.7 Å². The van der Waals surface area contributed by atoms with Crippen LogP contribution < -0.4 is 21.3 Å². The van der Waals surface area contributed by atoms with Gasteiger partial charge in [-0.2, -0.15) is 0 Å². The normalized spacial score (nSPS) is 26.4. The Morgan fingerprint density at radius 3 is 1.35 bits per heavy atom. The Morgan fingerprint density at radius 1 is 0.462 bits per heavy atom. The van der Waals surface area contributed by atoms with Crippen LogP contribution in [-0.2, 0) is 64.1 Å². The summed E-state index contributed by atoms with van der Waals surface area (Å²) in [6, 6.07) is -3.99. The predicted octanol–water partition coefficient (Wildman–Crippen LogP) is 4.81. The Labute approximate surface area is 555 Å². The number of benzene rings is 1.